The largest absolute Gasteiger partial charge is 0.496 e. The predicted molar refractivity (Wildman–Crippen MR) is 109 cm³/mol. The van der Waals surface area contributed by atoms with Crippen LogP contribution in [0.3, 0.4) is 0 Å². The number of fused-ring (bicyclic) bond motifs is 2. The first kappa shape index (κ1) is 18.5. The Morgan fingerprint density at radius 3 is 2.68 bits per heavy atom. The van der Waals surface area contributed by atoms with E-state index in [1.165, 1.54) is 11.3 Å². The first-order valence-corrected chi connectivity index (χ1v) is 9.68. The first-order valence-electron chi connectivity index (χ1n) is 8.86. The fraction of sp³-hybridized carbons (Fsp3) is 0.300. The van der Waals surface area contributed by atoms with Crippen LogP contribution in [0.15, 0.2) is 36.4 Å². The smallest absolute Gasteiger partial charge is 0.263 e. The fourth-order valence-corrected chi connectivity index (χ4v) is 3.97. The van der Waals surface area contributed by atoms with Gasteiger partial charge in [0.1, 0.15) is 5.75 Å². The molecule has 0 fully saturated rings. The summed E-state index contributed by atoms with van der Waals surface area (Å²) in [5.41, 5.74) is 1.30. The van der Waals surface area contributed by atoms with Gasteiger partial charge in [-0.25, -0.2) is 4.98 Å². The number of thiazole rings is 1. The number of nitrogens with zero attached hydrogens (tertiary/aromatic N) is 3. The summed E-state index contributed by atoms with van der Waals surface area (Å²) in [6, 6.07) is 11.0. The standard InChI is InChI=1S/C20H21N3O4S/c1-22(2)8-9-23(19(24)13-6-4-5-7-15(13)25-3)20-21-14-10-16-17(27-12-26-16)11-18(14)28-20/h4-7,10-11H,8-9,12H2,1-3H3. The number of methoxy groups -OCH3 is 1. The highest BCUT2D eigenvalue weighted by Gasteiger charge is 2.25. The fourth-order valence-electron chi connectivity index (χ4n) is 2.97. The van der Waals surface area contributed by atoms with E-state index in [0.29, 0.717) is 41.0 Å². The Hall–Kier alpha value is -2.84. The van der Waals surface area contributed by atoms with E-state index in [1.54, 1.807) is 24.1 Å². The number of hydrogen-bond donors (Lipinski definition) is 0. The molecule has 0 bridgehead atoms. The Labute approximate surface area is 167 Å². The zero-order chi connectivity index (χ0) is 19.7. The quantitative estimate of drug-likeness (QED) is 0.634. The van der Waals surface area contributed by atoms with Crippen LogP contribution in [0.5, 0.6) is 17.2 Å². The van der Waals surface area contributed by atoms with Gasteiger partial charge in [-0.2, -0.15) is 0 Å². The maximum absolute atomic E-state index is 13.4. The number of ether oxygens (including phenoxy) is 3. The molecule has 0 aliphatic carbocycles. The molecule has 3 aromatic rings. The molecule has 0 unspecified atom stereocenters. The summed E-state index contributed by atoms with van der Waals surface area (Å²) in [5, 5.41) is 0.636. The topological polar surface area (TPSA) is 64.1 Å². The third kappa shape index (κ3) is 3.48. The highest BCUT2D eigenvalue weighted by molar-refractivity contribution is 7.22. The lowest BCUT2D eigenvalue weighted by molar-refractivity contribution is 0.0982. The Kier molecular flexibility index (Phi) is 5.06. The highest BCUT2D eigenvalue weighted by atomic mass is 32.1. The SMILES string of the molecule is COc1ccccc1C(=O)N(CCN(C)C)c1nc2cc3c(cc2s1)OCO3. The number of carbonyl (C=O) groups excluding carboxylic acids is 1. The summed E-state index contributed by atoms with van der Waals surface area (Å²) in [6.07, 6.45) is 0. The van der Waals surface area contributed by atoms with E-state index in [4.69, 9.17) is 19.2 Å². The van der Waals surface area contributed by atoms with Gasteiger partial charge >= 0.3 is 0 Å². The molecule has 0 radical (unpaired) electrons. The Morgan fingerprint density at radius 1 is 1.18 bits per heavy atom. The van der Waals surface area contributed by atoms with Crippen LogP contribution in [0.25, 0.3) is 10.2 Å². The van der Waals surface area contributed by atoms with Gasteiger partial charge in [0.25, 0.3) is 5.91 Å². The van der Waals surface area contributed by atoms with Crippen molar-refractivity contribution in [1.29, 1.82) is 0 Å². The molecule has 8 heteroatoms. The van der Waals surface area contributed by atoms with Gasteiger partial charge in [-0.05, 0) is 26.2 Å². The average molecular weight is 399 g/mol. The van der Waals surface area contributed by atoms with Crippen LogP contribution in [-0.2, 0) is 0 Å². The third-order valence-corrected chi connectivity index (χ3v) is 5.50. The van der Waals surface area contributed by atoms with Crippen molar-refractivity contribution in [3.8, 4) is 17.2 Å². The van der Waals surface area contributed by atoms with Gasteiger partial charge in [0.2, 0.25) is 6.79 Å². The van der Waals surface area contributed by atoms with E-state index >= 15 is 0 Å². The Morgan fingerprint density at radius 2 is 1.93 bits per heavy atom. The van der Waals surface area contributed by atoms with Crippen molar-refractivity contribution in [2.24, 2.45) is 0 Å². The van der Waals surface area contributed by atoms with Crippen molar-refractivity contribution >= 4 is 32.6 Å². The van der Waals surface area contributed by atoms with E-state index in [2.05, 4.69) is 0 Å². The summed E-state index contributed by atoms with van der Waals surface area (Å²) in [6.45, 7) is 1.44. The number of aromatic nitrogens is 1. The Bertz CT molecular complexity index is 977. The second-order valence-electron chi connectivity index (χ2n) is 6.63. The summed E-state index contributed by atoms with van der Waals surface area (Å²) in [4.78, 5) is 21.8. The molecular weight excluding hydrogens is 378 g/mol. The predicted octanol–water partition coefficient (Wildman–Crippen LogP) is 3.24. The monoisotopic (exact) mass is 399 g/mol. The van der Waals surface area contributed by atoms with Crippen LogP contribution in [0.4, 0.5) is 5.13 Å². The van der Waals surface area contributed by atoms with Crippen LogP contribution in [0.1, 0.15) is 10.4 Å². The van der Waals surface area contributed by atoms with E-state index in [9.17, 15) is 4.79 Å². The summed E-state index contributed by atoms with van der Waals surface area (Å²) >= 11 is 1.46. The zero-order valence-corrected chi connectivity index (χ0v) is 16.8. The molecule has 0 N–H and O–H groups in total. The lowest BCUT2D eigenvalue weighted by Crippen LogP contribution is -2.36. The number of hydrogen-bond acceptors (Lipinski definition) is 7. The van der Waals surface area contributed by atoms with Crippen LogP contribution in [0.2, 0.25) is 0 Å². The van der Waals surface area contributed by atoms with Gasteiger partial charge in [0.15, 0.2) is 16.6 Å². The van der Waals surface area contributed by atoms with Gasteiger partial charge in [0.05, 0.1) is 22.9 Å². The van der Waals surface area contributed by atoms with Crippen LogP contribution >= 0.6 is 11.3 Å². The maximum atomic E-state index is 13.4. The molecule has 1 aliphatic rings. The van der Waals surface area contributed by atoms with Crippen molar-refractivity contribution in [1.82, 2.24) is 9.88 Å². The molecule has 1 aliphatic heterocycles. The molecule has 4 rings (SSSR count). The van der Waals surface area contributed by atoms with E-state index in [0.717, 1.165) is 10.2 Å². The van der Waals surface area contributed by atoms with E-state index < -0.39 is 0 Å². The number of benzene rings is 2. The van der Waals surface area contributed by atoms with Crippen molar-refractivity contribution in [3.05, 3.63) is 42.0 Å². The van der Waals surface area contributed by atoms with Crippen LogP contribution < -0.4 is 19.1 Å². The van der Waals surface area contributed by atoms with Crippen molar-refractivity contribution in [2.75, 3.05) is 46.0 Å². The lowest BCUT2D eigenvalue weighted by Gasteiger charge is -2.22. The number of rotatable bonds is 6. The number of carbonyl (C=O) groups is 1. The van der Waals surface area contributed by atoms with Gasteiger partial charge in [-0.15, -0.1) is 0 Å². The minimum absolute atomic E-state index is 0.140. The molecule has 0 saturated carbocycles. The van der Waals surface area contributed by atoms with Crippen molar-refractivity contribution in [2.45, 2.75) is 0 Å². The molecule has 7 nitrogen and oxygen atoms in total. The molecule has 0 saturated heterocycles. The Balaban J connectivity index is 1.73. The lowest BCUT2D eigenvalue weighted by atomic mass is 10.1. The van der Waals surface area contributed by atoms with Crippen molar-refractivity contribution in [3.63, 3.8) is 0 Å². The van der Waals surface area contributed by atoms with E-state index in [1.807, 2.05) is 43.3 Å². The molecule has 0 atom stereocenters. The number of para-hydroxylation sites is 1. The minimum Gasteiger partial charge on any atom is -0.496 e. The highest BCUT2D eigenvalue weighted by Crippen LogP contribution is 2.40. The van der Waals surface area contributed by atoms with E-state index in [-0.39, 0.29) is 12.7 Å². The molecule has 1 aromatic heterocycles. The van der Waals surface area contributed by atoms with Crippen LogP contribution in [0, 0.1) is 0 Å². The second kappa shape index (κ2) is 7.65. The normalized spacial score (nSPS) is 12.6. The van der Waals surface area contributed by atoms with Gasteiger partial charge < -0.3 is 19.1 Å². The second-order valence-corrected chi connectivity index (χ2v) is 7.64. The molecule has 28 heavy (non-hydrogen) atoms. The molecule has 2 heterocycles. The summed E-state index contributed by atoms with van der Waals surface area (Å²) in [5.74, 6) is 1.79. The van der Waals surface area contributed by atoms with Gasteiger partial charge in [-0.1, -0.05) is 23.5 Å². The number of likely N-dealkylation sites (N-methyl/N-ethyl adjacent to an activating group) is 1. The third-order valence-electron chi connectivity index (χ3n) is 4.46. The van der Waals surface area contributed by atoms with Gasteiger partial charge in [-0.3, -0.25) is 9.69 Å². The number of amides is 1. The zero-order valence-electron chi connectivity index (χ0n) is 16.0. The molecule has 146 valence electrons. The van der Waals surface area contributed by atoms with Gasteiger partial charge in [0, 0.05) is 25.2 Å². The molecule has 0 spiro atoms. The molecule has 1 amide bonds. The average Bonchev–Trinajstić information content (AvgIpc) is 3.31. The summed E-state index contributed by atoms with van der Waals surface area (Å²) < 4.78 is 17.2. The minimum atomic E-state index is -0.140. The van der Waals surface area contributed by atoms with Crippen molar-refractivity contribution < 1.29 is 19.0 Å². The first-order chi connectivity index (χ1) is 13.6. The molecular formula is C20H21N3O4S. The number of anilines is 1. The molecule has 2 aromatic carbocycles. The van der Waals surface area contributed by atoms with Crippen LogP contribution in [-0.4, -0.2) is 56.9 Å². The summed E-state index contributed by atoms with van der Waals surface area (Å²) in [7, 11) is 5.52. The maximum Gasteiger partial charge on any atom is 0.263 e.